The fourth-order valence-corrected chi connectivity index (χ4v) is 1.96. The highest BCUT2D eigenvalue weighted by Crippen LogP contribution is 2.21. The molecule has 1 heteroatoms. The molecule has 1 nitrogen and oxygen atoms in total. The van der Waals surface area contributed by atoms with E-state index in [1.165, 1.54) is 16.5 Å². The second-order valence-electron chi connectivity index (χ2n) is 3.76. The fourth-order valence-electron chi connectivity index (χ4n) is 1.96. The largest absolute Gasteiger partial charge is 0.256 e. The van der Waals surface area contributed by atoms with E-state index >= 15 is 0 Å². The number of aromatic nitrogens is 1. The zero-order valence-corrected chi connectivity index (χ0v) is 9.32. The fraction of sp³-hybridized carbons (Fsp3) is 0.133. The van der Waals surface area contributed by atoms with E-state index in [0.29, 0.717) is 0 Å². The van der Waals surface area contributed by atoms with E-state index in [4.69, 9.17) is 0 Å². The Hall–Kier alpha value is -1.89. The van der Waals surface area contributed by atoms with Gasteiger partial charge < -0.3 is 0 Å². The highest BCUT2D eigenvalue weighted by atomic mass is 14.7. The molecule has 1 heterocycles. The summed E-state index contributed by atoms with van der Waals surface area (Å²) in [7, 11) is 0. The summed E-state index contributed by atoms with van der Waals surface area (Å²) in [6, 6.07) is 8.22. The molecule has 16 heavy (non-hydrogen) atoms. The minimum atomic E-state index is 0.862. The van der Waals surface area contributed by atoms with Crippen molar-refractivity contribution in [3.63, 3.8) is 0 Å². The molecule has 0 unspecified atom stereocenters. The van der Waals surface area contributed by atoms with Crippen LogP contribution in [0.3, 0.4) is 0 Å². The Morgan fingerprint density at radius 2 is 1.81 bits per heavy atom. The summed E-state index contributed by atoms with van der Waals surface area (Å²) >= 11 is 0. The van der Waals surface area contributed by atoms with Crippen LogP contribution in [0, 0.1) is 0 Å². The standard InChI is InChI=1S/C15H15N/c1-3-7-12-11-16-15-10-6-5-9-14(15)13(12)8-4-2/h3-6,9-11H,1-2,7-8H2. The van der Waals surface area contributed by atoms with Gasteiger partial charge in [-0.15, -0.1) is 13.2 Å². The highest BCUT2D eigenvalue weighted by Gasteiger charge is 2.05. The quantitative estimate of drug-likeness (QED) is 0.700. The van der Waals surface area contributed by atoms with Crippen LogP contribution >= 0.6 is 0 Å². The summed E-state index contributed by atoms with van der Waals surface area (Å²) in [5.41, 5.74) is 3.61. The molecule has 0 radical (unpaired) electrons. The van der Waals surface area contributed by atoms with Gasteiger partial charge in [-0.05, 0) is 30.0 Å². The highest BCUT2D eigenvalue weighted by molar-refractivity contribution is 5.83. The lowest BCUT2D eigenvalue weighted by Gasteiger charge is -2.09. The van der Waals surface area contributed by atoms with E-state index in [2.05, 4.69) is 24.2 Å². The third-order valence-corrected chi connectivity index (χ3v) is 2.69. The number of para-hydroxylation sites is 1. The van der Waals surface area contributed by atoms with Crippen LogP contribution in [0.4, 0.5) is 0 Å². The maximum atomic E-state index is 4.46. The predicted octanol–water partition coefficient (Wildman–Crippen LogP) is 3.69. The van der Waals surface area contributed by atoms with Crippen molar-refractivity contribution < 1.29 is 0 Å². The SMILES string of the molecule is C=CCc1cnc2ccccc2c1CC=C. The second-order valence-corrected chi connectivity index (χ2v) is 3.76. The van der Waals surface area contributed by atoms with Gasteiger partial charge in [0.05, 0.1) is 5.52 Å². The van der Waals surface area contributed by atoms with Crippen LogP contribution in [0.1, 0.15) is 11.1 Å². The Bertz CT molecular complexity index is 526. The molecule has 0 amide bonds. The van der Waals surface area contributed by atoms with Gasteiger partial charge in [-0.2, -0.15) is 0 Å². The van der Waals surface area contributed by atoms with Crippen molar-refractivity contribution in [3.8, 4) is 0 Å². The first-order valence-corrected chi connectivity index (χ1v) is 5.44. The molecule has 1 aromatic carbocycles. The summed E-state index contributed by atoms with van der Waals surface area (Å²) in [5.74, 6) is 0. The normalized spacial score (nSPS) is 10.2. The van der Waals surface area contributed by atoms with Crippen LogP contribution in [0.15, 0.2) is 55.8 Å². The Morgan fingerprint density at radius 3 is 2.56 bits per heavy atom. The number of fused-ring (bicyclic) bond motifs is 1. The number of hydrogen-bond donors (Lipinski definition) is 0. The molecule has 0 atom stereocenters. The molecule has 0 saturated heterocycles. The van der Waals surface area contributed by atoms with Crippen molar-refractivity contribution in [2.45, 2.75) is 12.8 Å². The van der Waals surface area contributed by atoms with E-state index in [9.17, 15) is 0 Å². The lowest BCUT2D eigenvalue weighted by molar-refractivity contribution is 1.14. The van der Waals surface area contributed by atoms with E-state index < -0.39 is 0 Å². The van der Waals surface area contributed by atoms with E-state index in [-0.39, 0.29) is 0 Å². The zero-order valence-electron chi connectivity index (χ0n) is 9.32. The third-order valence-electron chi connectivity index (χ3n) is 2.69. The van der Waals surface area contributed by atoms with Gasteiger partial charge in [0.15, 0.2) is 0 Å². The van der Waals surface area contributed by atoms with Gasteiger partial charge in [0.25, 0.3) is 0 Å². The number of hydrogen-bond acceptors (Lipinski definition) is 1. The molecule has 0 N–H and O–H groups in total. The van der Waals surface area contributed by atoms with E-state index in [1.54, 1.807) is 0 Å². The Morgan fingerprint density at radius 1 is 1.06 bits per heavy atom. The van der Waals surface area contributed by atoms with E-state index in [0.717, 1.165) is 18.4 Å². The number of nitrogens with zero attached hydrogens (tertiary/aromatic N) is 1. The van der Waals surface area contributed by atoms with Crippen LogP contribution in [0.25, 0.3) is 10.9 Å². The molecule has 0 bridgehead atoms. The van der Waals surface area contributed by atoms with Gasteiger partial charge in [-0.3, -0.25) is 4.98 Å². The molecule has 0 saturated carbocycles. The number of rotatable bonds is 4. The first kappa shape index (κ1) is 10.6. The maximum Gasteiger partial charge on any atom is 0.0705 e. The molecule has 2 aromatic rings. The predicted molar refractivity (Wildman–Crippen MR) is 69.5 cm³/mol. The summed E-state index contributed by atoms with van der Waals surface area (Å²) in [5, 5.41) is 1.22. The molecule has 80 valence electrons. The number of pyridine rings is 1. The number of allylic oxidation sites excluding steroid dienone is 2. The monoisotopic (exact) mass is 209 g/mol. The van der Waals surface area contributed by atoms with Crippen molar-refractivity contribution in [1.82, 2.24) is 4.98 Å². The van der Waals surface area contributed by atoms with Crippen LogP contribution in [0.5, 0.6) is 0 Å². The molecule has 0 aliphatic rings. The Kier molecular flexibility index (Phi) is 3.16. The molecular weight excluding hydrogens is 194 g/mol. The molecule has 2 rings (SSSR count). The van der Waals surface area contributed by atoms with Gasteiger partial charge in [-0.1, -0.05) is 30.4 Å². The molecular formula is C15H15N. The van der Waals surface area contributed by atoms with Crippen molar-refractivity contribution in [2.24, 2.45) is 0 Å². The van der Waals surface area contributed by atoms with Gasteiger partial charge in [-0.25, -0.2) is 0 Å². The summed E-state index contributed by atoms with van der Waals surface area (Å²) < 4.78 is 0. The maximum absolute atomic E-state index is 4.46. The summed E-state index contributed by atoms with van der Waals surface area (Å²) in [6.45, 7) is 7.60. The molecule has 1 aromatic heterocycles. The van der Waals surface area contributed by atoms with Crippen LogP contribution in [0.2, 0.25) is 0 Å². The van der Waals surface area contributed by atoms with Crippen molar-refractivity contribution >= 4 is 10.9 Å². The third kappa shape index (κ3) is 1.89. The van der Waals surface area contributed by atoms with Gasteiger partial charge in [0.1, 0.15) is 0 Å². The topological polar surface area (TPSA) is 12.9 Å². The molecule has 0 aliphatic heterocycles. The molecule has 0 fully saturated rings. The zero-order chi connectivity index (χ0) is 11.4. The number of benzene rings is 1. The second kappa shape index (κ2) is 4.75. The van der Waals surface area contributed by atoms with Gasteiger partial charge in [0, 0.05) is 11.6 Å². The lowest BCUT2D eigenvalue weighted by Crippen LogP contribution is -1.95. The van der Waals surface area contributed by atoms with Crippen molar-refractivity contribution in [2.75, 3.05) is 0 Å². The van der Waals surface area contributed by atoms with Crippen molar-refractivity contribution in [3.05, 3.63) is 66.9 Å². The smallest absolute Gasteiger partial charge is 0.0705 e. The minimum absolute atomic E-state index is 0.862. The first-order valence-electron chi connectivity index (χ1n) is 5.44. The average molecular weight is 209 g/mol. The summed E-state index contributed by atoms with van der Waals surface area (Å²) in [6.07, 6.45) is 7.54. The van der Waals surface area contributed by atoms with Crippen LogP contribution < -0.4 is 0 Å². The van der Waals surface area contributed by atoms with E-state index in [1.807, 2.05) is 36.5 Å². The van der Waals surface area contributed by atoms with Crippen LogP contribution in [-0.4, -0.2) is 4.98 Å². The Labute approximate surface area is 96.1 Å². The average Bonchev–Trinajstić information content (AvgIpc) is 2.32. The van der Waals surface area contributed by atoms with Crippen LogP contribution in [-0.2, 0) is 12.8 Å². The lowest BCUT2D eigenvalue weighted by atomic mass is 9.99. The first-order chi connectivity index (χ1) is 7.86. The van der Waals surface area contributed by atoms with Crippen molar-refractivity contribution in [1.29, 1.82) is 0 Å². The Balaban J connectivity index is 2.67. The minimum Gasteiger partial charge on any atom is -0.256 e. The molecule has 0 spiro atoms. The molecule has 0 aliphatic carbocycles. The summed E-state index contributed by atoms with van der Waals surface area (Å²) in [4.78, 5) is 4.46. The van der Waals surface area contributed by atoms with Gasteiger partial charge in [0.2, 0.25) is 0 Å². The van der Waals surface area contributed by atoms with Gasteiger partial charge >= 0.3 is 0 Å².